The SMILES string of the molecule is CCCCN(CCCC)CCCCC(C)(NC)C(=O)OC. The zero-order valence-electron chi connectivity index (χ0n) is 14.8. The topological polar surface area (TPSA) is 41.6 Å². The maximum Gasteiger partial charge on any atom is 0.325 e. The Bertz CT molecular complexity index is 264. The molecule has 4 nitrogen and oxygen atoms in total. The van der Waals surface area contributed by atoms with Gasteiger partial charge in [0.25, 0.3) is 0 Å². The van der Waals surface area contributed by atoms with Crippen LogP contribution in [-0.2, 0) is 9.53 Å². The fraction of sp³-hybridized carbons (Fsp3) is 0.941. The van der Waals surface area contributed by atoms with Crippen molar-refractivity contribution < 1.29 is 9.53 Å². The highest BCUT2D eigenvalue weighted by molar-refractivity contribution is 5.80. The Balaban J connectivity index is 4.09. The van der Waals surface area contributed by atoms with Crippen molar-refractivity contribution in [2.24, 2.45) is 0 Å². The van der Waals surface area contributed by atoms with E-state index in [0.717, 1.165) is 25.8 Å². The minimum Gasteiger partial charge on any atom is -0.468 e. The van der Waals surface area contributed by atoms with E-state index in [0.29, 0.717) is 0 Å². The molecule has 0 aliphatic heterocycles. The number of esters is 1. The summed E-state index contributed by atoms with van der Waals surface area (Å²) in [6.07, 6.45) is 8.07. The van der Waals surface area contributed by atoms with Gasteiger partial charge in [-0.25, -0.2) is 0 Å². The highest BCUT2D eigenvalue weighted by atomic mass is 16.5. The number of nitrogens with one attached hydrogen (secondary N) is 1. The van der Waals surface area contributed by atoms with Crippen molar-refractivity contribution >= 4 is 5.97 Å². The number of rotatable bonds is 13. The van der Waals surface area contributed by atoms with E-state index in [4.69, 9.17) is 4.74 Å². The number of hydrogen-bond donors (Lipinski definition) is 1. The number of unbranched alkanes of at least 4 members (excludes halogenated alkanes) is 3. The zero-order valence-corrected chi connectivity index (χ0v) is 14.8. The van der Waals surface area contributed by atoms with E-state index in [2.05, 4.69) is 24.1 Å². The summed E-state index contributed by atoms with van der Waals surface area (Å²) in [5.41, 5.74) is -0.549. The largest absolute Gasteiger partial charge is 0.468 e. The third-order valence-corrected chi connectivity index (χ3v) is 4.24. The van der Waals surface area contributed by atoms with E-state index in [-0.39, 0.29) is 5.97 Å². The number of likely N-dealkylation sites (N-methyl/N-ethyl adjacent to an activating group) is 1. The molecule has 0 aliphatic carbocycles. The van der Waals surface area contributed by atoms with E-state index in [9.17, 15) is 4.79 Å². The Morgan fingerprint density at radius 3 is 2.00 bits per heavy atom. The van der Waals surface area contributed by atoms with Gasteiger partial charge in [-0.3, -0.25) is 4.79 Å². The van der Waals surface area contributed by atoms with Crippen LogP contribution < -0.4 is 5.32 Å². The predicted octanol–water partition coefficient (Wildman–Crippen LogP) is 3.21. The summed E-state index contributed by atoms with van der Waals surface area (Å²) >= 11 is 0. The van der Waals surface area contributed by atoms with E-state index in [1.807, 2.05) is 14.0 Å². The molecule has 0 aromatic carbocycles. The van der Waals surface area contributed by atoms with Gasteiger partial charge in [0.15, 0.2) is 0 Å². The molecule has 0 rings (SSSR count). The molecule has 21 heavy (non-hydrogen) atoms. The molecule has 0 aromatic heterocycles. The quantitative estimate of drug-likeness (QED) is 0.419. The Morgan fingerprint density at radius 2 is 1.57 bits per heavy atom. The van der Waals surface area contributed by atoms with E-state index in [1.165, 1.54) is 45.9 Å². The number of ether oxygens (including phenoxy) is 1. The average Bonchev–Trinajstić information content (AvgIpc) is 2.51. The molecule has 0 saturated heterocycles. The monoisotopic (exact) mass is 300 g/mol. The van der Waals surface area contributed by atoms with Crippen molar-refractivity contribution in [1.29, 1.82) is 0 Å². The van der Waals surface area contributed by atoms with Crippen LogP contribution in [-0.4, -0.2) is 50.2 Å². The smallest absolute Gasteiger partial charge is 0.325 e. The standard InChI is InChI=1S/C17H36N2O2/c1-6-8-13-19(14-9-7-2)15-11-10-12-17(3,18-4)16(20)21-5/h18H,6-15H2,1-5H3. The normalized spacial score (nSPS) is 14.2. The Labute approximate surface area is 131 Å². The second-order valence-corrected chi connectivity index (χ2v) is 6.08. The van der Waals surface area contributed by atoms with E-state index in [1.54, 1.807) is 0 Å². The lowest BCUT2D eigenvalue weighted by atomic mass is 9.95. The van der Waals surface area contributed by atoms with Gasteiger partial charge in [0, 0.05) is 0 Å². The molecule has 1 unspecified atom stereocenters. The van der Waals surface area contributed by atoms with Crippen LogP contribution in [0.1, 0.15) is 65.7 Å². The van der Waals surface area contributed by atoms with Gasteiger partial charge >= 0.3 is 5.97 Å². The van der Waals surface area contributed by atoms with Crippen molar-refractivity contribution in [3.63, 3.8) is 0 Å². The molecule has 126 valence electrons. The van der Waals surface area contributed by atoms with Crippen LogP contribution in [0, 0.1) is 0 Å². The van der Waals surface area contributed by atoms with Crippen LogP contribution in [0.15, 0.2) is 0 Å². The zero-order chi connectivity index (χ0) is 16.1. The lowest BCUT2D eigenvalue weighted by Gasteiger charge is -2.27. The highest BCUT2D eigenvalue weighted by Gasteiger charge is 2.31. The van der Waals surface area contributed by atoms with E-state index >= 15 is 0 Å². The summed E-state index contributed by atoms with van der Waals surface area (Å²) in [5.74, 6) is -0.168. The molecule has 0 aliphatic rings. The first kappa shape index (κ1) is 20.4. The van der Waals surface area contributed by atoms with E-state index < -0.39 is 5.54 Å². The van der Waals surface area contributed by atoms with Crippen LogP contribution in [0.5, 0.6) is 0 Å². The summed E-state index contributed by atoms with van der Waals surface area (Å²) in [5, 5.41) is 3.10. The molecular weight excluding hydrogens is 264 g/mol. The Morgan fingerprint density at radius 1 is 1.05 bits per heavy atom. The third kappa shape index (κ3) is 8.42. The van der Waals surface area contributed by atoms with Gasteiger partial charge in [0.05, 0.1) is 7.11 Å². The molecular formula is C17H36N2O2. The minimum absolute atomic E-state index is 0.168. The second-order valence-electron chi connectivity index (χ2n) is 6.08. The average molecular weight is 300 g/mol. The summed E-state index contributed by atoms with van der Waals surface area (Å²) in [4.78, 5) is 14.4. The van der Waals surface area contributed by atoms with Crippen LogP contribution in [0.25, 0.3) is 0 Å². The first-order valence-corrected chi connectivity index (χ1v) is 8.53. The number of methoxy groups -OCH3 is 1. The molecule has 0 fully saturated rings. The first-order valence-electron chi connectivity index (χ1n) is 8.53. The molecule has 1 atom stereocenters. The summed E-state index contributed by atoms with van der Waals surface area (Å²) in [6, 6.07) is 0. The molecule has 0 spiro atoms. The summed E-state index contributed by atoms with van der Waals surface area (Å²) in [6.45, 7) is 9.96. The van der Waals surface area contributed by atoms with Crippen molar-refractivity contribution in [2.75, 3.05) is 33.8 Å². The molecule has 4 heteroatoms. The van der Waals surface area contributed by atoms with Crippen molar-refractivity contribution in [3.05, 3.63) is 0 Å². The van der Waals surface area contributed by atoms with Crippen molar-refractivity contribution in [2.45, 2.75) is 71.3 Å². The van der Waals surface area contributed by atoms with Crippen molar-refractivity contribution in [1.82, 2.24) is 10.2 Å². The van der Waals surface area contributed by atoms with Gasteiger partial charge in [-0.05, 0) is 65.7 Å². The third-order valence-electron chi connectivity index (χ3n) is 4.24. The van der Waals surface area contributed by atoms with Gasteiger partial charge in [-0.1, -0.05) is 26.7 Å². The molecule has 0 saturated carbocycles. The maximum atomic E-state index is 11.8. The highest BCUT2D eigenvalue weighted by Crippen LogP contribution is 2.15. The fourth-order valence-electron chi connectivity index (χ4n) is 2.47. The Kier molecular flexibility index (Phi) is 11.6. The first-order chi connectivity index (χ1) is 10.0. The lowest BCUT2D eigenvalue weighted by Crippen LogP contribution is -2.48. The predicted molar refractivity (Wildman–Crippen MR) is 89.6 cm³/mol. The van der Waals surface area contributed by atoms with Gasteiger partial charge in [0.1, 0.15) is 5.54 Å². The molecule has 0 bridgehead atoms. The lowest BCUT2D eigenvalue weighted by molar-refractivity contribution is -0.148. The van der Waals surface area contributed by atoms with Crippen LogP contribution >= 0.6 is 0 Å². The van der Waals surface area contributed by atoms with Crippen LogP contribution in [0.3, 0.4) is 0 Å². The maximum absolute atomic E-state index is 11.8. The molecule has 0 heterocycles. The molecule has 0 amide bonds. The molecule has 1 N–H and O–H groups in total. The van der Waals surface area contributed by atoms with Gasteiger partial charge < -0.3 is 15.0 Å². The summed E-state index contributed by atoms with van der Waals surface area (Å²) < 4.78 is 4.88. The second kappa shape index (κ2) is 12.0. The van der Waals surface area contributed by atoms with Crippen LogP contribution in [0.2, 0.25) is 0 Å². The van der Waals surface area contributed by atoms with Gasteiger partial charge in [-0.15, -0.1) is 0 Å². The van der Waals surface area contributed by atoms with Crippen molar-refractivity contribution in [3.8, 4) is 0 Å². The summed E-state index contributed by atoms with van der Waals surface area (Å²) in [7, 11) is 3.28. The molecule has 0 aromatic rings. The fourth-order valence-corrected chi connectivity index (χ4v) is 2.47. The number of carbonyl (C=O) groups excluding carboxylic acids is 1. The Hall–Kier alpha value is -0.610. The van der Waals surface area contributed by atoms with Gasteiger partial charge in [0.2, 0.25) is 0 Å². The number of carbonyl (C=O) groups is 1. The van der Waals surface area contributed by atoms with Crippen LogP contribution in [0.4, 0.5) is 0 Å². The minimum atomic E-state index is -0.549. The molecule has 0 radical (unpaired) electrons. The number of hydrogen-bond acceptors (Lipinski definition) is 4. The number of nitrogens with zero attached hydrogens (tertiary/aromatic N) is 1. The van der Waals surface area contributed by atoms with Gasteiger partial charge in [-0.2, -0.15) is 0 Å².